The van der Waals surface area contributed by atoms with E-state index in [4.69, 9.17) is 16.7 Å². The van der Waals surface area contributed by atoms with Gasteiger partial charge in [0.2, 0.25) is 0 Å². The minimum absolute atomic E-state index is 0.258. The summed E-state index contributed by atoms with van der Waals surface area (Å²) in [5.74, 6) is -0.960. The molecule has 2 aromatic rings. The van der Waals surface area contributed by atoms with Gasteiger partial charge < -0.3 is 10.1 Å². The average molecular weight is 250 g/mol. The zero-order valence-electron chi connectivity index (χ0n) is 9.16. The standard InChI is InChI=1S/C13H12ClNO2/c14-8-2-4-10-9-3-1-7(13(16)17)5-11(9)15-12(10)6-8/h2,4,6-7,15H,1,3,5H2,(H,16,17)/t7-/m0/s1. The second-order valence-corrected chi connectivity index (χ2v) is 4.99. The number of hydrogen-bond donors (Lipinski definition) is 2. The molecule has 0 bridgehead atoms. The minimum atomic E-state index is -0.702. The highest BCUT2D eigenvalue weighted by molar-refractivity contribution is 6.31. The Morgan fingerprint density at radius 3 is 3.06 bits per heavy atom. The lowest BCUT2D eigenvalue weighted by Gasteiger charge is -2.18. The maximum absolute atomic E-state index is 11.0. The minimum Gasteiger partial charge on any atom is -0.481 e. The van der Waals surface area contributed by atoms with E-state index < -0.39 is 5.97 Å². The number of aromatic nitrogens is 1. The summed E-state index contributed by atoms with van der Waals surface area (Å²) in [5.41, 5.74) is 3.32. The largest absolute Gasteiger partial charge is 0.481 e. The first-order chi connectivity index (χ1) is 8.15. The molecule has 0 radical (unpaired) electrons. The quantitative estimate of drug-likeness (QED) is 0.816. The molecule has 0 amide bonds. The Morgan fingerprint density at radius 1 is 1.47 bits per heavy atom. The molecule has 1 aromatic carbocycles. The molecule has 17 heavy (non-hydrogen) atoms. The predicted octanol–water partition coefficient (Wildman–Crippen LogP) is 3.01. The third kappa shape index (κ3) is 1.71. The number of aromatic amines is 1. The summed E-state index contributed by atoms with van der Waals surface area (Å²) < 4.78 is 0. The van der Waals surface area contributed by atoms with Crippen molar-refractivity contribution in [3.05, 3.63) is 34.5 Å². The van der Waals surface area contributed by atoms with Crippen LogP contribution in [-0.4, -0.2) is 16.1 Å². The third-order valence-electron chi connectivity index (χ3n) is 3.50. The average Bonchev–Trinajstić information content (AvgIpc) is 2.64. The fraction of sp³-hybridized carbons (Fsp3) is 0.308. The van der Waals surface area contributed by atoms with E-state index in [0.717, 1.165) is 24.1 Å². The lowest BCUT2D eigenvalue weighted by molar-refractivity contribution is -0.142. The second kappa shape index (κ2) is 3.77. The lowest BCUT2D eigenvalue weighted by Crippen LogP contribution is -2.21. The maximum atomic E-state index is 11.0. The Balaban J connectivity index is 2.09. The van der Waals surface area contributed by atoms with Gasteiger partial charge in [-0.05, 0) is 30.5 Å². The number of halogens is 1. The Morgan fingerprint density at radius 2 is 2.29 bits per heavy atom. The summed E-state index contributed by atoms with van der Waals surface area (Å²) in [6, 6.07) is 5.78. The Kier molecular flexibility index (Phi) is 2.37. The van der Waals surface area contributed by atoms with Crippen LogP contribution in [-0.2, 0) is 17.6 Å². The molecule has 1 aromatic heterocycles. The predicted molar refractivity (Wildman–Crippen MR) is 66.5 cm³/mol. The van der Waals surface area contributed by atoms with Gasteiger partial charge in [-0.15, -0.1) is 0 Å². The second-order valence-electron chi connectivity index (χ2n) is 4.55. The van der Waals surface area contributed by atoms with Crippen LogP contribution >= 0.6 is 11.6 Å². The fourth-order valence-corrected chi connectivity index (χ4v) is 2.79. The van der Waals surface area contributed by atoms with Crippen molar-refractivity contribution < 1.29 is 9.90 Å². The molecule has 4 heteroatoms. The zero-order chi connectivity index (χ0) is 12.0. The third-order valence-corrected chi connectivity index (χ3v) is 3.73. The number of benzene rings is 1. The fourth-order valence-electron chi connectivity index (χ4n) is 2.62. The summed E-state index contributed by atoms with van der Waals surface area (Å²) in [5, 5.41) is 10.9. The number of nitrogens with one attached hydrogen (secondary N) is 1. The van der Waals surface area contributed by atoms with Crippen LogP contribution in [0, 0.1) is 5.92 Å². The van der Waals surface area contributed by atoms with Crippen LogP contribution in [0.25, 0.3) is 10.9 Å². The van der Waals surface area contributed by atoms with Crippen molar-refractivity contribution in [2.45, 2.75) is 19.3 Å². The van der Waals surface area contributed by atoms with Crippen LogP contribution in [0.15, 0.2) is 18.2 Å². The molecular weight excluding hydrogens is 238 g/mol. The molecule has 3 nitrogen and oxygen atoms in total. The molecule has 0 aliphatic heterocycles. The van der Waals surface area contributed by atoms with Crippen LogP contribution in [0.2, 0.25) is 5.02 Å². The number of aryl methyl sites for hydroxylation is 1. The Bertz CT molecular complexity index is 603. The van der Waals surface area contributed by atoms with E-state index in [0.29, 0.717) is 11.4 Å². The van der Waals surface area contributed by atoms with Crippen LogP contribution < -0.4 is 0 Å². The molecule has 0 saturated carbocycles. The lowest BCUT2D eigenvalue weighted by atomic mass is 9.87. The highest BCUT2D eigenvalue weighted by atomic mass is 35.5. The number of hydrogen-bond acceptors (Lipinski definition) is 1. The molecule has 1 atom stereocenters. The van der Waals surface area contributed by atoms with Gasteiger partial charge in [0.05, 0.1) is 5.92 Å². The normalized spacial score (nSPS) is 19.2. The van der Waals surface area contributed by atoms with Crippen molar-refractivity contribution in [3.63, 3.8) is 0 Å². The summed E-state index contributed by atoms with van der Waals surface area (Å²) in [7, 11) is 0. The van der Waals surface area contributed by atoms with Gasteiger partial charge >= 0.3 is 5.97 Å². The molecule has 1 aliphatic rings. The van der Waals surface area contributed by atoms with Gasteiger partial charge in [0, 0.05) is 28.0 Å². The molecule has 3 rings (SSSR count). The van der Waals surface area contributed by atoms with Crippen molar-refractivity contribution in [1.29, 1.82) is 0 Å². The Labute approximate surface area is 103 Å². The Hall–Kier alpha value is -1.48. The summed E-state index contributed by atoms with van der Waals surface area (Å²) in [6.45, 7) is 0. The molecule has 1 heterocycles. The van der Waals surface area contributed by atoms with E-state index in [1.165, 1.54) is 10.9 Å². The van der Waals surface area contributed by atoms with Crippen LogP contribution in [0.4, 0.5) is 0 Å². The zero-order valence-corrected chi connectivity index (χ0v) is 9.92. The van der Waals surface area contributed by atoms with E-state index in [9.17, 15) is 4.79 Å². The van der Waals surface area contributed by atoms with Crippen LogP contribution in [0.1, 0.15) is 17.7 Å². The van der Waals surface area contributed by atoms with Crippen LogP contribution in [0.3, 0.4) is 0 Å². The molecule has 88 valence electrons. The number of aliphatic carboxylic acids is 1. The summed E-state index contributed by atoms with van der Waals surface area (Å²) >= 11 is 5.95. The van der Waals surface area contributed by atoms with E-state index in [1.54, 1.807) is 0 Å². The van der Waals surface area contributed by atoms with Gasteiger partial charge in [-0.1, -0.05) is 17.7 Å². The molecule has 2 N–H and O–H groups in total. The number of carbonyl (C=O) groups is 1. The molecule has 0 saturated heterocycles. The summed E-state index contributed by atoms with van der Waals surface area (Å²) in [4.78, 5) is 14.3. The SMILES string of the molecule is O=C(O)[C@H]1CCc2c([nH]c3cc(Cl)ccc23)C1. The molecular formula is C13H12ClNO2. The highest BCUT2D eigenvalue weighted by Crippen LogP contribution is 2.32. The smallest absolute Gasteiger partial charge is 0.306 e. The number of carboxylic acid groups (broad SMARTS) is 1. The van der Waals surface area contributed by atoms with Crippen molar-refractivity contribution in [2.24, 2.45) is 5.92 Å². The van der Waals surface area contributed by atoms with Crippen molar-refractivity contribution in [3.8, 4) is 0 Å². The van der Waals surface area contributed by atoms with Crippen molar-refractivity contribution in [1.82, 2.24) is 4.98 Å². The monoisotopic (exact) mass is 249 g/mol. The first-order valence-electron chi connectivity index (χ1n) is 5.67. The van der Waals surface area contributed by atoms with Gasteiger partial charge in [0.1, 0.15) is 0 Å². The number of rotatable bonds is 1. The van der Waals surface area contributed by atoms with Gasteiger partial charge in [0.15, 0.2) is 0 Å². The topological polar surface area (TPSA) is 53.1 Å². The highest BCUT2D eigenvalue weighted by Gasteiger charge is 2.26. The molecule has 0 unspecified atom stereocenters. The van der Waals surface area contributed by atoms with E-state index >= 15 is 0 Å². The van der Waals surface area contributed by atoms with Crippen LogP contribution in [0.5, 0.6) is 0 Å². The van der Waals surface area contributed by atoms with Gasteiger partial charge in [-0.3, -0.25) is 4.79 Å². The summed E-state index contributed by atoms with van der Waals surface area (Å²) in [6.07, 6.45) is 2.14. The van der Waals surface area contributed by atoms with E-state index in [1.807, 2.05) is 18.2 Å². The first kappa shape index (κ1) is 10.7. The number of H-pyrrole nitrogens is 1. The van der Waals surface area contributed by atoms with Crippen molar-refractivity contribution >= 4 is 28.5 Å². The molecule has 1 aliphatic carbocycles. The number of carboxylic acids is 1. The van der Waals surface area contributed by atoms with Crippen molar-refractivity contribution in [2.75, 3.05) is 0 Å². The van der Waals surface area contributed by atoms with Gasteiger partial charge in [0.25, 0.3) is 0 Å². The van der Waals surface area contributed by atoms with Gasteiger partial charge in [-0.2, -0.15) is 0 Å². The first-order valence-corrected chi connectivity index (χ1v) is 6.04. The van der Waals surface area contributed by atoms with E-state index in [-0.39, 0.29) is 5.92 Å². The maximum Gasteiger partial charge on any atom is 0.306 e. The molecule has 0 fully saturated rings. The molecule has 0 spiro atoms. The number of fused-ring (bicyclic) bond motifs is 3. The van der Waals surface area contributed by atoms with Gasteiger partial charge in [-0.25, -0.2) is 0 Å². The van der Waals surface area contributed by atoms with E-state index in [2.05, 4.69) is 4.98 Å².